The lowest BCUT2D eigenvalue weighted by molar-refractivity contribution is 0.454. The highest BCUT2D eigenvalue weighted by atomic mass is 19.1. The van der Waals surface area contributed by atoms with Gasteiger partial charge >= 0.3 is 0 Å². The molecule has 1 heterocycles. The number of nitrogens with zero attached hydrogens (tertiary/aromatic N) is 1. The highest BCUT2D eigenvalue weighted by molar-refractivity contribution is 5.43. The molecule has 0 atom stereocenters. The Hall–Kier alpha value is -2.10. The van der Waals surface area contributed by atoms with E-state index in [0.29, 0.717) is 22.9 Å². The standard InChI is InChI=1S/C13H13FN2O/c1-8-3-4-11(6-12(8)14)17-13-9(2)5-10(15)7-16-13/h3-7H,15H2,1-2H3. The molecule has 0 saturated carbocycles. The SMILES string of the molecule is Cc1ccc(Oc2ncc(N)cc2C)cc1F. The van der Waals surface area contributed by atoms with E-state index in [0.717, 1.165) is 5.56 Å². The minimum absolute atomic E-state index is 0.296. The van der Waals surface area contributed by atoms with Gasteiger partial charge in [-0.25, -0.2) is 9.37 Å². The second-order valence-electron chi connectivity index (χ2n) is 3.90. The molecule has 0 unspecified atom stereocenters. The summed E-state index contributed by atoms with van der Waals surface area (Å²) in [5.41, 5.74) is 7.55. The average molecular weight is 232 g/mol. The summed E-state index contributed by atoms with van der Waals surface area (Å²) in [7, 11) is 0. The number of hydrogen-bond donors (Lipinski definition) is 1. The van der Waals surface area contributed by atoms with E-state index < -0.39 is 0 Å². The van der Waals surface area contributed by atoms with Crippen molar-refractivity contribution in [1.29, 1.82) is 0 Å². The molecule has 0 amide bonds. The quantitative estimate of drug-likeness (QED) is 0.864. The van der Waals surface area contributed by atoms with Crippen LogP contribution in [-0.2, 0) is 0 Å². The molecular formula is C13H13FN2O. The van der Waals surface area contributed by atoms with E-state index >= 15 is 0 Å². The van der Waals surface area contributed by atoms with Gasteiger partial charge in [0.15, 0.2) is 0 Å². The van der Waals surface area contributed by atoms with Crippen LogP contribution < -0.4 is 10.5 Å². The number of pyridine rings is 1. The van der Waals surface area contributed by atoms with Gasteiger partial charge in [-0.15, -0.1) is 0 Å². The molecule has 0 saturated heterocycles. The monoisotopic (exact) mass is 232 g/mol. The molecule has 1 aromatic carbocycles. The van der Waals surface area contributed by atoms with Crippen molar-refractivity contribution in [1.82, 2.24) is 4.98 Å². The summed E-state index contributed by atoms with van der Waals surface area (Å²) in [4.78, 5) is 4.06. The van der Waals surface area contributed by atoms with Crippen LogP contribution in [0.3, 0.4) is 0 Å². The highest BCUT2D eigenvalue weighted by Crippen LogP contribution is 2.25. The van der Waals surface area contributed by atoms with Crippen LogP contribution in [0.2, 0.25) is 0 Å². The van der Waals surface area contributed by atoms with Crippen LogP contribution in [0, 0.1) is 19.7 Å². The number of benzene rings is 1. The molecule has 88 valence electrons. The Morgan fingerprint density at radius 3 is 2.59 bits per heavy atom. The number of nitrogen functional groups attached to an aromatic ring is 1. The molecule has 4 heteroatoms. The number of nitrogens with two attached hydrogens (primary N) is 1. The van der Waals surface area contributed by atoms with Crippen LogP contribution in [-0.4, -0.2) is 4.98 Å². The van der Waals surface area contributed by atoms with Gasteiger partial charge in [-0.2, -0.15) is 0 Å². The maximum atomic E-state index is 13.3. The van der Waals surface area contributed by atoms with Gasteiger partial charge in [0.25, 0.3) is 0 Å². The summed E-state index contributed by atoms with van der Waals surface area (Å²) in [6.45, 7) is 3.54. The van der Waals surface area contributed by atoms with Gasteiger partial charge in [-0.05, 0) is 31.5 Å². The minimum atomic E-state index is -0.296. The largest absolute Gasteiger partial charge is 0.439 e. The van der Waals surface area contributed by atoms with Crippen molar-refractivity contribution in [2.45, 2.75) is 13.8 Å². The second-order valence-corrected chi connectivity index (χ2v) is 3.90. The first-order valence-corrected chi connectivity index (χ1v) is 5.22. The summed E-state index contributed by atoms with van der Waals surface area (Å²) in [6, 6.07) is 6.47. The summed E-state index contributed by atoms with van der Waals surface area (Å²) < 4.78 is 18.8. The molecule has 0 aliphatic carbocycles. The first kappa shape index (κ1) is 11.4. The van der Waals surface area contributed by atoms with E-state index in [4.69, 9.17) is 10.5 Å². The molecule has 2 aromatic rings. The molecule has 3 nitrogen and oxygen atoms in total. The lowest BCUT2D eigenvalue weighted by Gasteiger charge is -2.08. The third-order valence-electron chi connectivity index (χ3n) is 2.41. The van der Waals surface area contributed by atoms with Crippen molar-refractivity contribution in [2.24, 2.45) is 0 Å². The summed E-state index contributed by atoms with van der Waals surface area (Å²) in [5, 5.41) is 0. The number of rotatable bonds is 2. The Morgan fingerprint density at radius 2 is 1.94 bits per heavy atom. The Bertz CT molecular complexity index is 555. The summed E-state index contributed by atoms with van der Waals surface area (Å²) in [6.07, 6.45) is 1.51. The van der Waals surface area contributed by atoms with Crippen molar-refractivity contribution in [3.05, 3.63) is 47.4 Å². The number of aryl methyl sites for hydroxylation is 2. The van der Waals surface area contributed by atoms with Crippen LogP contribution >= 0.6 is 0 Å². The number of hydrogen-bond acceptors (Lipinski definition) is 3. The van der Waals surface area contributed by atoms with Crippen molar-refractivity contribution >= 4 is 5.69 Å². The van der Waals surface area contributed by atoms with Crippen molar-refractivity contribution in [3.63, 3.8) is 0 Å². The molecule has 0 fully saturated rings. The third-order valence-corrected chi connectivity index (χ3v) is 2.41. The predicted octanol–water partition coefficient (Wildman–Crippen LogP) is 3.21. The fraction of sp³-hybridized carbons (Fsp3) is 0.154. The number of halogens is 1. The maximum Gasteiger partial charge on any atom is 0.222 e. The number of ether oxygens (including phenoxy) is 1. The van der Waals surface area contributed by atoms with Crippen LogP contribution in [0.15, 0.2) is 30.5 Å². The first-order chi connectivity index (χ1) is 8.06. The van der Waals surface area contributed by atoms with E-state index in [1.165, 1.54) is 12.3 Å². The number of anilines is 1. The fourth-order valence-corrected chi connectivity index (χ4v) is 1.44. The van der Waals surface area contributed by atoms with Crippen molar-refractivity contribution in [2.75, 3.05) is 5.73 Å². The van der Waals surface area contributed by atoms with Gasteiger partial charge in [0.2, 0.25) is 5.88 Å². The van der Waals surface area contributed by atoms with Gasteiger partial charge in [0, 0.05) is 11.6 Å². The Kier molecular flexibility index (Phi) is 2.95. The molecule has 0 aliphatic rings. The second kappa shape index (κ2) is 4.41. The zero-order valence-corrected chi connectivity index (χ0v) is 9.70. The minimum Gasteiger partial charge on any atom is -0.439 e. The van der Waals surface area contributed by atoms with Gasteiger partial charge in [-0.1, -0.05) is 6.07 Å². The van der Waals surface area contributed by atoms with Crippen molar-refractivity contribution < 1.29 is 9.13 Å². The lowest BCUT2D eigenvalue weighted by atomic mass is 10.2. The topological polar surface area (TPSA) is 48.1 Å². The van der Waals surface area contributed by atoms with Crippen LogP contribution in [0.5, 0.6) is 11.6 Å². The molecule has 17 heavy (non-hydrogen) atoms. The average Bonchev–Trinajstić information content (AvgIpc) is 2.27. The number of aromatic nitrogens is 1. The summed E-state index contributed by atoms with van der Waals surface area (Å²) >= 11 is 0. The zero-order valence-electron chi connectivity index (χ0n) is 9.70. The van der Waals surface area contributed by atoms with Crippen LogP contribution in [0.1, 0.15) is 11.1 Å². The highest BCUT2D eigenvalue weighted by Gasteiger charge is 2.05. The predicted molar refractivity (Wildman–Crippen MR) is 64.6 cm³/mol. The van der Waals surface area contributed by atoms with Gasteiger partial charge in [0.1, 0.15) is 11.6 Å². The smallest absolute Gasteiger partial charge is 0.222 e. The summed E-state index contributed by atoms with van der Waals surface area (Å²) in [5.74, 6) is 0.562. The Balaban J connectivity index is 2.28. The van der Waals surface area contributed by atoms with Gasteiger partial charge in [0.05, 0.1) is 11.9 Å². The Labute approximate surface area is 99.1 Å². The molecule has 0 bridgehead atoms. The first-order valence-electron chi connectivity index (χ1n) is 5.22. The van der Waals surface area contributed by atoms with Crippen molar-refractivity contribution in [3.8, 4) is 11.6 Å². The molecule has 0 aliphatic heterocycles. The zero-order chi connectivity index (χ0) is 12.4. The molecule has 2 N–H and O–H groups in total. The fourth-order valence-electron chi connectivity index (χ4n) is 1.44. The van der Waals surface area contributed by atoms with Gasteiger partial charge < -0.3 is 10.5 Å². The van der Waals surface area contributed by atoms with E-state index in [-0.39, 0.29) is 5.82 Å². The molecule has 0 spiro atoms. The lowest BCUT2D eigenvalue weighted by Crippen LogP contribution is -1.94. The molecule has 0 radical (unpaired) electrons. The normalized spacial score (nSPS) is 10.3. The van der Waals surface area contributed by atoms with E-state index in [1.807, 2.05) is 6.92 Å². The molecule has 2 rings (SSSR count). The Morgan fingerprint density at radius 1 is 1.18 bits per heavy atom. The van der Waals surface area contributed by atoms with E-state index in [2.05, 4.69) is 4.98 Å². The van der Waals surface area contributed by atoms with E-state index in [9.17, 15) is 4.39 Å². The molecule has 1 aromatic heterocycles. The van der Waals surface area contributed by atoms with E-state index in [1.54, 1.807) is 25.1 Å². The van der Waals surface area contributed by atoms with Gasteiger partial charge in [-0.3, -0.25) is 0 Å². The van der Waals surface area contributed by atoms with Crippen LogP contribution in [0.4, 0.5) is 10.1 Å². The van der Waals surface area contributed by atoms with Crippen LogP contribution in [0.25, 0.3) is 0 Å². The third kappa shape index (κ3) is 2.53. The maximum absolute atomic E-state index is 13.3. The molecular weight excluding hydrogens is 219 g/mol.